The Kier molecular flexibility index (Phi) is 6.38. The third-order valence-electron chi connectivity index (χ3n) is 12.2. The van der Waals surface area contributed by atoms with Crippen molar-refractivity contribution < 1.29 is 0 Å². The number of aromatic nitrogens is 5. The highest BCUT2D eigenvalue weighted by molar-refractivity contribution is 6.26. The molecule has 13 rings (SSSR count). The Morgan fingerprint density at radius 1 is 0.276 bits per heavy atom. The van der Waals surface area contributed by atoms with Crippen molar-refractivity contribution in [2.24, 2.45) is 0 Å². The van der Waals surface area contributed by atoms with Crippen LogP contribution in [0.25, 0.3) is 110 Å². The molecular formula is C53H33N5. The van der Waals surface area contributed by atoms with Gasteiger partial charge in [-0.3, -0.25) is 4.98 Å². The van der Waals surface area contributed by atoms with Gasteiger partial charge in [-0.2, -0.15) is 0 Å². The lowest BCUT2D eigenvalue weighted by Crippen LogP contribution is -1.97. The molecule has 5 heteroatoms. The maximum absolute atomic E-state index is 4.95. The Labute approximate surface area is 332 Å². The summed E-state index contributed by atoms with van der Waals surface area (Å²) < 4.78 is 9.65. The molecule has 0 saturated heterocycles. The van der Waals surface area contributed by atoms with Gasteiger partial charge in [-0.15, -0.1) is 0 Å². The highest BCUT2D eigenvalue weighted by atomic mass is 15.0. The number of hydrogen-bond acceptors (Lipinski definition) is 1. The molecule has 0 aliphatic rings. The molecule has 0 atom stereocenters. The van der Waals surface area contributed by atoms with E-state index in [0.717, 1.165) is 44.7 Å². The summed E-state index contributed by atoms with van der Waals surface area (Å²) in [6, 6.07) is 70.4. The Morgan fingerprint density at radius 3 is 1.45 bits per heavy atom. The van der Waals surface area contributed by atoms with Gasteiger partial charge >= 0.3 is 0 Å². The van der Waals surface area contributed by atoms with E-state index in [2.05, 4.69) is 206 Å². The predicted octanol–water partition coefficient (Wildman–Crippen LogP) is 13.5. The standard InChI is InChI=1S/C53H33N5/c1-3-14-34(15-4-1)55-44-21-10-8-19-39(44)42-32-36(25-28-47(42)55)57-46-23-12-9-20-41(46)51-49(57)30-27-40-38-18-7-11-22-45(38)58(53(40)51)37-26-29-48-43(33-37)52-50(24-13-31-54-52)56(48)35-16-5-2-6-17-35/h1-33H. The van der Waals surface area contributed by atoms with Crippen LogP contribution < -0.4 is 0 Å². The molecule has 0 radical (unpaired) electrons. The predicted molar refractivity (Wildman–Crippen MR) is 242 cm³/mol. The minimum Gasteiger partial charge on any atom is -0.309 e. The Bertz CT molecular complexity index is 3790. The van der Waals surface area contributed by atoms with Gasteiger partial charge in [0.25, 0.3) is 0 Å². The van der Waals surface area contributed by atoms with Crippen molar-refractivity contribution >= 4 is 87.4 Å². The molecule has 58 heavy (non-hydrogen) atoms. The highest BCUT2D eigenvalue weighted by Crippen LogP contribution is 2.44. The van der Waals surface area contributed by atoms with Crippen LogP contribution in [0.1, 0.15) is 0 Å². The van der Waals surface area contributed by atoms with E-state index in [9.17, 15) is 0 Å². The number of hydrogen-bond donors (Lipinski definition) is 0. The second kappa shape index (κ2) is 11.8. The zero-order chi connectivity index (χ0) is 37.9. The van der Waals surface area contributed by atoms with E-state index in [-0.39, 0.29) is 0 Å². The van der Waals surface area contributed by atoms with Crippen molar-refractivity contribution in [3.8, 4) is 22.7 Å². The Hall–Kier alpha value is -7.89. The van der Waals surface area contributed by atoms with Crippen LogP contribution in [-0.4, -0.2) is 23.3 Å². The summed E-state index contributed by atoms with van der Waals surface area (Å²) in [6.07, 6.45) is 1.90. The number of rotatable bonds is 4. The minimum atomic E-state index is 0.995. The van der Waals surface area contributed by atoms with E-state index < -0.39 is 0 Å². The third-order valence-corrected chi connectivity index (χ3v) is 12.2. The van der Waals surface area contributed by atoms with Gasteiger partial charge in [0.05, 0.1) is 49.7 Å². The van der Waals surface area contributed by atoms with Crippen LogP contribution in [0, 0.1) is 0 Å². The van der Waals surface area contributed by atoms with Crippen LogP contribution in [0.4, 0.5) is 0 Å². The molecule has 0 spiro atoms. The topological polar surface area (TPSA) is 32.6 Å². The van der Waals surface area contributed by atoms with Crippen molar-refractivity contribution in [2.45, 2.75) is 0 Å². The first-order chi connectivity index (χ1) is 28.8. The van der Waals surface area contributed by atoms with E-state index >= 15 is 0 Å². The summed E-state index contributed by atoms with van der Waals surface area (Å²) in [5, 5.41) is 8.53. The van der Waals surface area contributed by atoms with Gasteiger partial charge < -0.3 is 18.3 Å². The first-order valence-corrected chi connectivity index (χ1v) is 19.8. The number of benzene rings is 8. The summed E-state index contributed by atoms with van der Waals surface area (Å²) in [5.41, 5.74) is 14.9. The molecule has 13 aromatic rings. The number of nitrogens with zero attached hydrogens (tertiary/aromatic N) is 5. The van der Waals surface area contributed by atoms with E-state index in [0.29, 0.717) is 0 Å². The van der Waals surface area contributed by atoms with E-state index in [4.69, 9.17) is 4.98 Å². The monoisotopic (exact) mass is 739 g/mol. The van der Waals surface area contributed by atoms with Crippen molar-refractivity contribution in [3.05, 3.63) is 200 Å². The fraction of sp³-hybridized carbons (Fsp3) is 0. The number of pyridine rings is 1. The molecule has 270 valence electrons. The third kappa shape index (κ3) is 4.22. The largest absolute Gasteiger partial charge is 0.309 e. The zero-order valence-corrected chi connectivity index (χ0v) is 31.3. The normalized spacial score (nSPS) is 12.1. The molecule has 5 nitrogen and oxygen atoms in total. The van der Waals surface area contributed by atoms with Crippen LogP contribution in [0.5, 0.6) is 0 Å². The molecule has 0 amide bonds. The lowest BCUT2D eigenvalue weighted by Gasteiger charge is -2.12. The quantitative estimate of drug-likeness (QED) is 0.177. The van der Waals surface area contributed by atoms with Crippen molar-refractivity contribution in [1.82, 2.24) is 23.3 Å². The van der Waals surface area contributed by atoms with Crippen molar-refractivity contribution in [3.63, 3.8) is 0 Å². The minimum absolute atomic E-state index is 0.995. The molecule has 0 bridgehead atoms. The van der Waals surface area contributed by atoms with Gasteiger partial charge in [0.1, 0.15) is 0 Å². The molecule has 5 aromatic heterocycles. The Balaban J connectivity index is 1.11. The van der Waals surface area contributed by atoms with Gasteiger partial charge in [-0.25, -0.2) is 0 Å². The molecule has 0 fully saturated rings. The maximum Gasteiger partial charge on any atom is 0.0964 e. The van der Waals surface area contributed by atoms with Crippen LogP contribution >= 0.6 is 0 Å². The smallest absolute Gasteiger partial charge is 0.0964 e. The van der Waals surface area contributed by atoms with Gasteiger partial charge in [-0.1, -0.05) is 97.1 Å². The van der Waals surface area contributed by atoms with Crippen LogP contribution in [-0.2, 0) is 0 Å². The van der Waals surface area contributed by atoms with Gasteiger partial charge in [0.15, 0.2) is 0 Å². The van der Waals surface area contributed by atoms with E-state index in [1.165, 1.54) is 65.4 Å². The van der Waals surface area contributed by atoms with Gasteiger partial charge in [0.2, 0.25) is 0 Å². The molecule has 0 unspecified atom stereocenters. The fourth-order valence-electron chi connectivity index (χ4n) is 9.83. The maximum atomic E-state index is 4.95. The van der Waals surface area contributed by atoms with Crippen molar-refractivity contribution in [1.29, 1.82) is 0 Å². The zero-order valence-electron chi connectivity index (χ0n) is 31.3. The first kappa shape index (κ1) is 31.3. The number of para-hydroxylation sites is 5. The van der Waals surface area contributed by atoms with E-state index in [1.807, 2.05) is 12.3 Å². The second-order valence-electron chi connectivity index (χ2n) is 15.2. The average Bonchev–Trinajstić information content (AvgIpc) is 4.01. The number of fused-ring (bicyclic) bond motifs is 13. The SMILES string of the molecule is c1ccc(-n2c3ccccc3c3cc(-n4c5ccccc5c5c4ccc4c6ccccc6n(-c6ccc7c(c6)c6ncccc6n7-c6ccccc6)c45)ccc32)cc1. The molecule has 0 saturated carbocycles. The summed E-state index contributed by atoms with van der Waals surface area (Å²) in [7, 11) is 0. The summed E-state index contributed by atoms with van der Waals surface area (Å²) in [6.45, 7) is 0. The average molecular weight is 740 g/mol. The summed E-state index contributed by atoms with van der Waals surface area (Å²) in [5.74, 6) is 0. The summed E-state index contributed by atoms with van der Waals surface area (Å²) in [4.78, 5) is 4.95. The van der Waals surface area contributed by atoms with Gasteiger partial charge in [-0.05, 0) is 97.1 Å². The molecule has 0 aliphatic heterocycles. The lowest BCUT2D eigenvalue weighted by atomic mass is 10.1. The molecule has 0 aliphatic carbocycles. The van der Waals surface area contributed by atoms with Crippen LogP contribution in [0.3, 0.4) is 0 Å². The van der Waals surface area contributed by atoms with Crippen LogP contribution in [0.2, 0.25) is 0 Å². The summed E-state index contributed by atoms with van der Waals surface area (Å²) >= 11 is 0. The van der Waals surface area contributed by atoms with Gasteiger partial charge in [0, 0.05) is 66.6 Å². The second-order valence-corrected chi connectivity index (χ2v) is 15.2. The highest BCUT2D eigenvalue weighted by Gasteiger charge is 2.23. The van der Waals surface area contributed by atoms with Crippen molar-refractivity contribution in [2.75, 3.05) is 0 Å². The first-order valence-electron chi connectivity index (χ1n) is 19.8. The van der Waals surface area contributed by atoms with E-state index in [1.54, 1.807) is 0 Å². The fourth-order valence-corrected chi connectivity index (χ4v) is 9.83. The molecule has 0 N–H and O–H groups in total. The molecule has 8 aromatic carbocycles. The van der Waals surface area contributed by atoms with Crippen LogP contribution in [0.15, 0.2) is 200 Å². The Morgan fingerprint density at radius 2 is 0.741 bits per heavy atom. The molecular weight excluding hydrogens is 707 g/mol. The lowest BCUT2D eigenvalue weighted by molar-refractivity contribution is 1.16. The molecule has 5 heterocycles.